The van der Waals surface area contributed by atoms with Crippen molar-refractivity contribution in [1.82, 2.24) is 0 Å². The Hall–Kier alpha value is 0.210. The average molecular weight is 154 g/mol. The summed E-state index contributed by atoms with van der Waals surface area (Å²) >= 11 is 0. The lowest BCUT2D eigenvalue weighted by Gasteiger charge is -2.39. The van der Waals surface area contributed by atoms with Crippen LogP contribution in [0.25, 0.3) is 0 Å². The fraction of sp³-hybridized carbons (Fsp3) is 1.00. The second kappa shape index (κ2) is 5.03. The van der Waals surface area contributed by atoms with Gasteiger partial charge >= 0.3 is 0 Å². The van der Waals surface area contributed by atoms with Crippen molar-refractivity contribution in [2.24, 2.45) is 0 Å². The van der Waals surface area contributed by atoms with Crippen LogP contribution in [-0.2, 0) is 0 Å². The van der Waals surface area contributed by atoms with Gasteiger partial charge in [0.1, 0.15) is 0 Å². The number of hydrogen-bond donors (Lipinski definition) is 0. The van der Waals surface area contributed by atoms with Gasteiger partial charge in [-0.2, -0.15) is 0 Å². The molecule has 0 aromatic heterocycles. The van der Waals surface area contributed by atoms with E-state index < -0.39 is 0 Å². The number of quaternary nitrogens is 1. The molecule has 0 aliphatic rings. The van der Waals surface area contributed by atoms with Crippen molar-refractivity contribution in [1.29, 1.82) is 0 Å². The highest BCUT2D eigenvalue weighted by Crippen LogP contribution is 1.99. The van der Waals surface area contributed by atoms with Crippen molar-refractivity contribution < 1.29 is 4.65 Å². The Kier molecular flexibility index (Phi) is 6.68. The van der Waals surface area contributed by atoms with E-state index in [0.29, 0.717) is 19.6 Å². The Morgan fingerprint density at radius 2 is 1.22 bits per heavy atom. The van der Waals surface area contributed by atoms with Gasteiger partial charge in [-0.25, -0.2) is 0 Å². The molecule has 0 N–H and O–H groups in total. The van der Waals surface area contributed by atoms with Crippen LogP contribution >= 0.6 is 12.4 Å². The van der Waals surface area contributed by atoms with Crippen LogP contribution in [-0.4, -0.2) is 24.3 Å². The van der Waals surface area contributed by atoms with Crippen molar-refractivity contribution in [2.45, 2.75) is 20.8 Å². The molecule has 0 atom stereocenters. The summed E-state index contributed by atoms with van der Waals surface area (Å²) in [5, 5.41) is 11.1. The molecule has 0 fully saturated rings. The molecular formula is C6H16ClNO. The van der Waals surface area contributed by atoms with E-state index in [1.54, 1.807) is 0 Å². The van der Waals surface area contributed by atoms with Crippen LogP contribution in [0.3, 0.4) is 0 Å². The summed E-state index contributed by atoms with van der Waals surface area (Å²) in [6.45, 7) is 7.90. The zero-order valence-corrected chi connectivity index (χ0v) is 7.20. The summed E-state index contributed by atoms with van der Waals surface area (Å²) in [7, 11) is 0. The van der Waals surface area contributed by atoms with Crippen molar-refractivity contribution in [3.63, 3.8) is 0 Å². The van der Waals surface area contributed by atoms with Crippen LogP contribution in [0.15, 0.2) is 0 Å². The highest BCUT2D eigenvalue weighted by Gasteiger charge is 2.04. The SMILES string of the molecule is CC[N+]([O-])(CC)CC.Cl. The Morgan fingerprint density at radius 1 is 1.00 bits per heavy atom. The van der Waals surface area contributed by atoms with Gasteiger partial charge in [0.2, 0.25) is 0 Å². The van der Waals surface area contributed by atoms with E-state index in [9.17, 15) is 5.21 Å². The van der Waals surface area contributed by atoms with Gasteiger partial charge in [0, 0.05) is 0 Å². The van der Waals surface area contributed by atoms with Crippen LogP contribution in [0.5, 0.6) is 0 Å². The summed E-state index contributed by atoms with van der Waals surface area (Å²) in [6, 6.07) is 0. The van der Waals surface area contributed by atoms with Gasteiger partial charge in [0.05, 0.1) is 19.6 Å². The Balaban J connectivity index is 0. The third-order valence-corrected chi connectivity index (χ3v) is 1.73. The average Bonchev–Trinajstić information content (AvgIpc) is 1.87. The molecule has 0 aliphatic carbocycles. The molecule has 0 heterocycles. The summed E-state index contributed by atoms with van der Waals surface area (Å²) in [5.74, 6) is 0. The van der Waals surface area contributed by atoms with Gasteiger partial charge in [-0.1, -0.05) is 0 Å². The van der Waals surface area contributed by atoms with Crippen molar-refractivity contribution in [3.05, 3.63) is 5.21 Å². The minimum absolute atomic E-state index is 0. The normalized spacial score (nSPS) is 10.7. The topological polar surface area (TPSA) is 23.1 Å². The van der Waals surface area contributed by atoms with Crippen LogP contribution < -0.4 is 0 Å². The molecule has 2 nitrogen and oxygen atoms in total. The minimum atomic E-state index is -0.0417. The second-order valence-electron chi connectivity index (χ2n) is 2.01. The highest BCUT2D eigenvalue weighted by molar-refractivity contribution is 5.85. The number of hydrogen-bond acceptors (Lipinski definition) is 1. The van der Waals surface area contributed by atoms with Crippen LogP contribution in [0.4, 0.5) is 0 Å². The molecule has 0 saturated heterocycles. The standard InChI is InChI=1S/C6H15NO.ClH/c1-4-7(8,5-2)6-3;/h4-6H2,1-3H3;1H. The van der Waals surface area contributed by atoms with Gasteiger partial charge < -0.3 is 9.85 Å². The van der Waals surface area contributed by atoms with E-state index in [0.717, 1.165) is 0 Å². The Morgan fingerprint density at radius 3 is 1.22 bits per heavy atom. The molecule has 0 saturated carbocycles. The van der Waals surface area contributed by atoms with Crippen LogP contribution in [0.1, 0.15) is 20.8 Å². The zero-order valence-electron chi connectivity index (χ0n) is 6.39. The number of hydroxylamine groups is 3. The fourth-order valence-electron chi connectivity index (χ4n) is 0.671. The predicted molar refractivity (Wildman–Crippen MR) is 42.5 cm³/mol. The summed E-state index contributed by atoms with van der Waals surface area (Å²) in [5.41, 5.74) is 0. The number of halogens is 1. The monoisotopic (exact) mass is 153 g/mol. The molecule has 3 heteroatoms. The quantitative estimate of drug-likeness (QED) is 0.448. The van der Waals surface area contributed by atoms with E-state index in [1.807, 2.05) is 20.8 Å². The van der Waals surface area contributed by atoms with E-state index in [-0.39, 0.29) is 17.1 Å². The zero-order chi connectivity index (χ0) is 6.62. The largest absolute Gasteiger partial charge is 0.633 e. The van der Waals surface area contributed by atoms with Gasteiger partial charge in [-0.05, 0) is 20.8 Å². The molecule has 0 radical (unpaired) electrons. The summed E-state index contributed by atoms with van der Waals surface area (Å²) < 4.78 is -0.0417. The molecule has 0 aromatic carbocycles. The highest BCUT2D eigenvalue weighted by atomic mass is 35.5. The van der Waals surface area contributed by atoms with Crippen LogP contribution in [0.2, 0.25) is 0 Å². The van der Waals surface area contributed by atoms with Crippen molar-refractivity contribution >= 4 is 12.4 Å². The molecule has 0 rings (SSSR count). The van der Waals surface area contributed by atoms with E-state index in [4.69, 9.17) is 0 Å². The minimum Gasteiger partial charge on any atom is -0.633 e. The molecule has 0 bridgehead atoms. The lowest BCUT2D eigenvalue weighted by molar-refractivity contribution is -0.875. The maximum Gasteiger partial charge on any atom is 0.0755 e. The molecule has 0 spiro atoms. The smallest absolute Gasteiger partial charge is 0.0755 e. The summed E-state index contributed by atoms with van der Waals surface area (Å²) in [6.07, 6.45) is 0. The second-order valence-corrected chi connectivity index (χ2v) is 2.01. The first kappa shape index (κ1) is 11.9. The van der Waals surface area contributed by atoms with E-state index in [2.05, 4.69) is 0 Å². The maximum absolute atomic E-state index is 11.1. The molecular weight excluding hydrogens is 138 g/mol. The van der Waals surface area contributed by atoms with Gasteiger partial charge in [0.15, 0.2) is 0 Å². The van der Waals surface area contributed by atoms with E-state index in [1.165, 1.54) is 0 Å². The predicted octanol–water partition coefficient (Wildman–Crippen LogP) is 1.78. The summed E-state index contributed by atoms with van der Waals surface area (Å²) in [4.78, 5) is 0. The molecule has 0 aromatic rings. The van der Waals surface area contributed by atoms with Crippen LogP contribution in [0, 0.1) is 5.21 Å². The number of rotatable bonds is 3. The molecule has 0 amide bonds. The van der Waals surface area contributed by atoms with E-state index >= 15 is 0 Å². The fourth-order valence-corrected chi connectivity index (χ4v) is 0.671. The van der Waals surface area contributed by atoms with Gasteiger partial charge in [0.25, 0.3) is 0 Å². The Bertz CT molecular complexity index is 55.8. The molecule has 0 aliphatic heterocycles. The molecule has 58 valence electrons. The first-order chi connectivity index (χ1) is 3.68. The first-order valence-electron chi connectivity index (χ1n) is 3.25. The Labute approximate surface area is 63.4 Å². The first-order valence-corrected chi connectivity index (χ1v) is 3.25. The number of nitrogens with zero attached hydrogens (tertiary/aromatic N) is 1. The van der Waals surface area contributed by atoms with Gasteiger partial charge in [-0.15, -0.1) is 12.4 Å². The lowest BCUT2D eigenvalue weighted by Crippen LogP contribution is -2.41. The lowest BCUT2D eigenvalue weighted by atomic mass is 10.5. The molecule has 0 unspecified atom stereocenters. The van der Waals surface area contributed by atoms with Crippen molar-refractivity contribution in [3.8, 4) is 0 Å². The maximum atomic E-state index is 11.1. The van der Waals surface area contributed by atoms with Gasteiger partial charge in [-0.3, -0.25) is 0 Å². The third kappa shape index (κ3) is 3.73. The molecule has 9 heavy (non-hydrogen) atoms. The van der Waals surface area contributed by atoms with Crippen molar-refractivity contribution in [2.75, 3.05) is 19.6 Å². The third-order valence-electron chi connectivity index (χ3n) is 1.73.